The summed E-state index contributed by atoms with van der Waals surface area (Å²) in [5.41, 5.74) is 0. The Labute approximate surface area is 94.5 Å². The predicted octanol–water partition coefficient (Wildman–Crippen LogP) is 2.90. The predicted molar refractivity (Wildman–Crippen MR) is 63.3 cm³/mol. The minimum Gasteiger partial charge on any atom is -0.316 e. The molecule has 0 radical (unpaired) electrons. The van der Waals surface area contributed by atoms with E-state index >= 15 is 0 Å². The fraction of sp³-hybridized carbons (Fsp3) is 0.636. The molecule has 1 aliphatic carbocycles. The molecule has 1 fully saturated rings. The topological polar surface area (TPSA) is 12.0 Å². The van der Waals surface area contributed by atoms with E-state index in [4.69, 9.17) is 11.6 Å². The van der Waals surface area contributed by atoms with Crippen LogP contribution < -0.4 is 5.32 Å². The van der Waals surface area contributed by atoms with Gasteiger partial charge < -0.3 is 5.32 Å². The monoisotopic (exact) mass is 229 g/mol. The molecule has 0 aromatic carbocycles. The average molecular weight is 230 g/mol. The summed E-state index contributed by atoms with van der Waals surface area (Å²) in [6.07, 6.45) is 3.57. The zero-order chi connectivity index (χ0) is 9.80. The van der Waals surface area contributed by atoms with E-state index < -0.39 is 0 Å². The molecular weight excluding hydrogens is 214 g/mol. The van der Waals surface area contributed by atoms with Gasteiger partial charge in [0.2, 0.25) is 0 Å². The third-order valence-corrected chi connectivity index (χ3v) is 4.03. The van der Waals surface area contributed by atoms with E-state index in [1.165, 1.54) is 17.7 Å². The lowest BCUT2D eigenvalue weighted by Crippen LogP contribution is -2.34. The number of alkyl halides is 1. The van der Waals surface area contributed by atoms with Gasteiger partial charge in [-0.3, -0.25) is 0 Å². The van der Waals surface area contributed by atoms with Crippen LogP contribution in [0.2, 0.25) is 0 Å². The Morgan fingerprint density at radius 3 is 3.00 bits per heavy atom. The summed E-state index contributed by atoms with van der Waals surface area (Å²) in [7, 11) is 0. The highest BCUT2D eigenvalue weighted by Crippen LogP contribution is 2.30. The smallest absolute Gasteiger partial charge is 0.0342 e. The second-order valence-electron chi connectivity index (χ2n) is 3.97. The third-order valence-electron chi connectivity index (χ3n) is 2.74. The molecule has 14 heavy (non-hydrogen) atoms. The van der Waals surface area contributed by atoms with E-state index in [-0.39, 0.29) is 0 Å². The van der Waals surface area contributed by atoms with E-state index in [2.05, 4.69) is 22.8 Å². The van der Waals surface area contributed by atoms with Crippen LogP contribution in [0.4, 0.5) is 0 Å². The number of halogens is 1. The third kappa shape index (κ3) is 2.97. The molecule has 0 amide bonds. The minimum absolute atomic E-state index is 0.457. The maximum absolute atomic E-state index is 5.91. The number of thiophene rings is 1. The summed E-state index contributed by atoms with van der Waals surface area (Å²) in [6.45, 7) is 2.25. The van der Waals surface area contributed by atoms with Crippen molar-refractivity contribution in [1.29, 1.82) is 0 Å². The molecule has 1 heterocycles. The summed E-state index contributed by atoms with van der Waals surface area (Å²) >= 11 is 7.75. The van der Waals surface area contributed by atoms with Crippen LogP contribution in [0.5, 0.6) is 0 Å². The van der Waals surface area contributed by atoms with Crippen LogP contribution in [-0.4, -0.2) is 18.5 Å². The van der Waals surface area contributed by atoms with E-state index in [1.807, 2.05) is 11.3 Å². The van der Waals surface area contributed by atoms with Crippen molar-refractivity contribution in [2.24, 2.45) is 5.92 Å². The lowest BCUT2D eigenvalue weighted by atomic mass is 9.85. The summed E-state index contributed by atoms with van der Waals surface area (Å²) in [5, 5.41) is 6.09. The van der Waals surface area contributed by atoms with Crippen molar-refractivity contribution in [2.45, 2.75) is 24.6 Å². The molecule has 0 bridgehead atoms. The van der Waals surface area contributed by atoms with Crippen molar-refractivity contribution in [1.82, 2.24) is 5.32 Å². The maximum Gasteiger partial charge on any atom is 0.0342 e. The SMILES string of the molecule is ClC1CC(CNCCc2cccs2)C1. The number of rotatable bonds is 5. The Morgan fingerprint density at radius 2 is 2.36 bits per heavy atom. The van der Waals surface area contributed by atoms with Gasteiger partial charge in [-0.2, -0.15) is 0 Å². The molecule has 0 saturated heterocycles. The molecule has 1 saturated carbocycles. The Kier molecular flexibility index (Phi) is 3.85. The second kappa shape index (κ2) is 5.15. The zero-order valence-electron chi connectivity index (χ0n) is 8.21. The standard InChI is InChI=1S/C11H16ClNS/c12-10-6-9(7-10)8-13-4-3-11-2-1-5-14-11/h1-2,5,9-10,13H,3-4,6-8H2. The number of hydrogen-bond acceptors (Lipinski definition) is 2. The van der Waals surface area contributed by atoms with Crippen LogP contribution in [0.3, 0.4) is 0 Å². The highest BCUT2D eigenvalue weighted by Gasteiger charge is 2.26. The summed E-state index contributed by atoms with van der Waals surface area (Å²) < 4.78 is 0. The Morgan fingerprint density at radius 1 is 1.50 bits per heavy atom. The van der Waals surface area contributed by atoms with Gasteiger partial charge in [0, 0.05) is 10.3 Å². The van der Waals surface area contributed by atoms with Crippen molar-refractivity contribution in [3.63, 3.8) is 0 Å². The Balaban J connectivity index is 1.52. The number of nitrogens with one attached hydrogen (secondary N) is 1. The van der Waals surface area contributed by atoms with Crippen molar-refractivity contribution < 1.29 is 0 Å². The molecule has 3 heteroatoms. The Bertz CT molecular complexity index is 254. The van der Waals surface area contributed by atoms with E-state index in [0.717, 1.165) is 25.4 Å². The van der Waals surface area contributed by atoms with E-state index in [9.17, 15) is 0 Å². The van der Waals surface area contributed by atoms with E-state index in [1.54, 1.807) is 0 Å². The molecule has 1 nitrogen and oxygen atoms in total. The van der Waals surface area contributed by atoms with Crippen LogP contribution in [0.1, 0.15) is 17.7 Å². The van der Waals surface area contributed by atoms with Gasteiger partial charge >= 0.3 is 0 Å². The van der Waals surface area contributed by atoms with Crippen molar-refractivity contribution in [2.75, 3.05) is 13.1 Å². The molecule has 0 spiro atoms. The lowest BCUT2D eigenvalue weighted by Gasteiger charge is -2.30. The first-order valence-electron chi connectivity index (χ1n) is 5.22. The fourth-order valence-corrected chi connectivity index (χ4v) is 3.01. The highest BCUT2D eigenvalue weighted by molar-refractivity contribution is 7.09. The molecule has 0 aliphatic heterocycles. The van der Waals surface area contributed by atoms with Gasteiger partial charge in [0.1, 0.15) is 0 Å². The van der Waals surface area contributed by atoms with Gasteiger partial charge in [0.25, 0.3) is 0 Å². The molecule has 78 valence electrons. The first-order chi connectivity index (χ1) is 6.84. The number of hydrogen-bond donors (Lipinski definition) is 1. The van der Waals surface area contributed by atoms with Crippen LogP contribution in [0, 0.1) is 5.92 Å². The first-order valence-corrected chi connectivity index (χ1v) is 6.53. The molecule has 1 aliphatic rings. The van der Waals surface area contributed by atoms with Crippen LogP contribution in [0.15, 0.2) is 17.5 Å². The maximum atomic E-state index is 5.91. The lowest BCUT2D eigenvalue weighted by molar-refractivity contribution is 0.310. The van der Waals surface area contributed by atoms with Crippen LogP contribution >= 0.6 is 22.9 Å². The first kappa shape index (κ1) is 10.5. The zero-order valence-corrected chi connectivity index (χ0v) is 9.78. The minimum atomic E-state index is 0.457. The molecule has 0 atom stereocenters. The van der Waals surface area contributed by atoms with Gasteiger partial charge in [0.15, 0.2) is 0 Å². The normalized spacial score (nSPS) is 26.1. The van der Waals surface area contributed by atoms with Crippen molar-refractivity contribution in [3.05, 3.63) is 22.4 Å². The van der Waals surface area contributed by atoms with Gasteiger partial charge in [-0.15, -0.1) is 22.9 Å². The Hall–Kier alpha value is -0.0500. The van der Waals surface area contributed by atoms with Gasteiger partial charge in [-0.05, 0) is 49.7 Å². The molecule has 2 rings (SSSR count). The second-order valence-corrected chi connectivity index (χ2v) is 5.62. The molecule has 1 N–H and O–H groups in total. The van der Waals surface area contributed by atoms with Crippen LogP contribution in [-0.2, 0) is 6.42 Å². The molecule has 1 aromatic heterocycles. The largest absolute Gasteiger partial charge is 0.316 e. The van der Waals surface area contributed by atoms with Crippen molar-refractivity contribution in [3.8, 4) is 0 Å². The van der Waals surface area contributed by atoms with Gasteiger partial charge in [0.05, 0.1) is 0 Å². The van der Waals surface area contributed by atoms with Gasteiger partial charge in [-0.25, -0.2) is 0 Å². The van der Waals surface area contributed by atoms with Crippen LogP contribution in [0.25, 0.3) is 0 Å². The van der Waals surface area contributed by atoms with Crippen molar-refractivity contribution >= 4 is 22.9 Å². The highest BCUT2D eigenvalue weighted by atomic mass is 35.5. The molecule has 0 unspecified atom stereocenters. The molecular formula is C11H16ClNS. The quantitative estimate of drug-likeness (QED) is 0.605. The fourth-order valence-electron chi connectivity index (χ4n) is 1.79. The molecule has 1 aromatic rings. The van der Waals surface area contributed by atoms with E-state index in [0.29, 0.717) is 5.38 Å². The summed E-state index contributed by atoms with van der Waals surface area (Å²) in [5.74, 6) is 0.834. The summed E-state index contributed by atoms with van der Waals surface area (Å²) in [4.78, 5) is 1.47. The van der Waals surface area contributed by atoms with Gasteiger partial charge in [-0.1, -0.05) is 6.07 Å². The average Bonchev–Trinajstić information content (AvgIpc) is 2.61. The summed E-state index contributed by atoms with van der Waals surface area (Å²) in [6, 6.07) is 4.31.